The number of hydrogen-bond acceptors (Lipinski definition) is 3. The predicted octanol–water partition coefficient (Wildman–Crippen LogP) is 2.86. The monoisotopic (exact) mass is 277 g/mol. The lowest BCUT2D eigenvalue weighted by atomic mass is 10.2. The maximum absolute atomic E-state index is 9.12. The van der Waals surface area contributed by atoms with Crippen LogP contribution in [-0.2, 0) is 6.54 Å². The second-order valence-electron chi connectivity index (χ2n) is 3.80. The molecule has 17 heavy (non-hydrogen) atoms. The van der Waals surface area contributed by atoms with Crippen molar-refractivity contribution >= 4 is 23.2 Å². The molecule has 0 spiro atoms. The van der Waals surface area contributed by atoms with Crippen molar-refractivity contribution in [3.63, 3.8) is 0 Å². The van der Waals surface area contributed by atoms with Crippen molar-refractivity contribution in [1.82, 2.24) is 5.32 Å². The first-order valence-electron chi connectivity index (χ1n) is 5.54. The molecular weight excluding hydrogens is 261 g/mol. The van der Waals surface area contributed by atoms with Gasteiger partial charge in [0.2, 0.25) is 0 Å². The summed E-state index contributed by atoms with van der Waals surface area (Å²) in [6, 6.07) is 3.63. The number of aliphatic hydroxyl groups is 1. The molecule has 1 rings (SSSR count). The Morgan fingerprint density at radius 1 is 1.35 bits per heavy atom. The summed E-state index contributed by atoms with van der Waals surface area (Å²) in [5.74, 6) is 0.523. The minimum Gasteiger partial charge on any atom is -0.491 e. The lowest BCUT2D eigenvalue weighted by Crippen LogP contribution is -2.23. The van der Waals surface area contributed by atoms with E-state index in [2.05, 4.69) is 5.32 Å². The van der Waals surface area contributed by atoms with Crippen molar-refractivity contribution in [3.05, 3.63) is 27.7 Å². The highest BCUT2D eigenvalue weighted by molar-refractivity contribution is 6.37. The lowest BCUT2D eigenvalue weighted by molar-refractivity contribution is 0.191. The number of halogens is 2. The van der Waals surface area contributed by atoms with Crippen LogP contribution in [0.25, 0.3) is 0 Å². The molecule has 0 saturated carbocycles. The maximum atomic E-state index is 9.12. The van der Waals surface area contributed by atoms with Crippen LogP contribution in [0.4, 0.5) is 0 Å². The fraction of sp³-hybridized carbons (Fsp3) is 0.500. The molecule has 3 nitrogen and oxygen atoms in total. The van der Waals surface area contributed by atoms with Crippen LogP contribution in [0.5, 0.6) is 5.75 Å². The SMILES string of the molecule is CCOc1c(Cl)cc(CNC[C@H](C)O)cc1Cl. The molecule has 96 valence electrons. The fourth-order valence-electron chi connectivity index (χ4n) is 1.42. The molecule has 5 heteroatoms. The summed E-state index contributed by atoms with van der Waals surface area (Å²) in [6.07, 6.45) is -0.372. The number of aliphatic hydroxyl groups excluding tert-OH is 1. The normalized spacial score (nSPS) is 12.5. The summed E-state index contributed by atoms with van der Waals surface area (Å²) in [7, 11) is 0. The third kappa shape index (κ3) is 4.72. The smallest absolute Gasteiger partial charge is 0.156 e. The first kappa shape index (κ1) is 14.6. The van der Waals surface area contributed by atoms with Gasteiger partial charge in [-0.2, -0.15) is 0 Å². The number of hydrogen-bond donors (Lipinski definition) is 2. The highest BCUT2D eigenvalue weighted by Gasteiger charge is 2.09. The number of nitrogens with one attached hydrogen (secondary N) is 1. The van der Waals surface area contributed by atoms with Gasteiger partial charge in [0, 0.05) is 13.1 Å². The molecule has 0 radical (unpaired) electrons. The van der Waals surface area contributed by atoms with E-state index in [1.807, 2.05) is 19.1 Å². The minimum absolute atomic E-state index is 0.372. The molecule has 0 heterocycles. The second kappa shape index (κ2) is 7.07. The first-order valence-corrected chi connectivity index (χ1v) is 6.29. The van der Waals surface area contributed by atoms with Crippen molar-refractivity contribution in [1.29, 1.82) is 0 Å². The van der Waals surface area contributed by atoms with Crippen LogP contribution in [0.1, 0.15) is 19.4 Å². The third-order valence-electron chi connectivity index (χ3n) is 2.12. The molecule has 2 N–H and O–H groups in total. The van der Waals surface area contributed by atoms with Crippen LogP contribution < -0.4 is 10.1 Å². The summed E-state index contributed by atoms with van der Waals surface area (Å²) in [4.78, 5) is 0. The fourth-order valence-corrected chi connectivity index (χ4v) is 2.06. The molecule has 1 aromatic rings. The quantitative estimate of drug-likeness (QED) is 0.840. The summed E-state index contributed by atoms with van der Waals surface area (Å²) in [5.41, 5.74) is 0.962. The van der Waals surface area contributed by atoms with Gasteiger partial charge in [-0.25, -0.2) is 0 Å². The van der Waals surface area contributed by atoms with Crippen LogP contribution in [0, 0.1) is 0 Å². The zero-order valence-corrected chi connectivity index (χ0v) is 11.5. The van der Waals surface area contributed by atoms with E-state index in [0.717, 1.165) is 5.56 Å². The Morgan fingerprint density at radius 2 is 1.94 bits per heavy atom. The summed E-state index contributed by atoms with van der Waals surface area (Å²) < 4.78 is 5.34. The Labute approximate surface area is 112 Å². The standard InChI is InChI=1S/C12H17Cl2NO2/c1-3-17-12-10(13)4-9(5-11(12)14)7-15-6-8(2)16/h4-5,8,15-16H,3,6-7H2,1-2H3/t8-/m0/s1. The summed E-state index contributed by atoms with van der Waals surface area (Å²) in [5, 5.41) is 13.2. The molecule has 0 amide bonds. The lowest BCUT2D eigenvalue weighted by Gasteiger charge is -2.11. The van der Waals surface area contributed by atoms with Gasteiger partial charge in [0.05, 0.1) is 22.8 Å². The number of benzene rings is 1. The molecule has 1 atom stereocenters. The molecule has 0 saturated heterocycles. The van der Waals surface area contributed by atoms with Crippen molar-refractivity contribution < 1.29 is 9.84 Å². The van der Waals surface area contributed by atoms with Crippen LogP contribution in [0.3, 0.4) is 0 Å². The molecule has 0 unspecified atom stereocenters. The van der Waals surface area contributed by atoms with Crippen molar-refractivity contribution in [2.24, 2.45) is 0 Å². The van der Waals surface area contributed by atoms with Crippen LogP contribution in [0.15, 0.2) is 12.1 Å². The van der Waals surface area contributed by atoms with Gasteiger partial charge in [-0.05, 0) is 31.5 Å². The molecule has 0 aliphatic carbocycles. The summed E-state index contributed by atoms with van der Waals surface area (Å²) >= 11 is 12.1. The Hall–Kier alpha value is -0.480. The van der Waals surface area contributed by atoms with E-state index in [-0.39, 0.29) is 6.10 Å². The zero-order chi connectivity index (χ0) is 12.8. The molecular formula is C12H17Cl2NO2. The van der Waals surface area contributed by atoms with E-state index in [1.54, 1.807) is 6.92 Å². The second-order valence-corrected chi connectivity index (χ2v) is 4.62. The topological polar surface area (TPSA) is 41.5 Å². The van der Waals surface area contributed by atoms with Crippen LogP contribution >= 0.6 is 23.2 Å². The van der Waals surface area contributed by atoms with E-state index in [9.17, 15) is 0 Å². The Morgan fingerprint density at radius 3 is 2.41 bits per heavy atom. The molecule has 0 aliphatic rings. The molecule has 0 aromatic heterocycles. The highest BCUT2D eigenvalue weighted by Crippen LogP contribution is 2.34. The van der Waals surface area contributed by atoms with Crippen molar-refractivity contribution in [3.8, 4) is 5.75 Å². The third-order valence-corrected chi connectivity index (χ3v) is 2.68. The van der Waals surface area contributed by atoms with Gasteiger partial charge in [0.15, 0.2) is 5.75 Å². The van der Waals surface area contributed by atoms with Gasteiger partial charge >= 0.3 is 0 Å². The predicted molar refractivity (Wildman–Crippen MR) is 71.0 cm³/mol. The first-order chi connectivity index (χ1) is 8.04. The van der Waals surface area contributed by atoms with Gasteiger partial charge < -0.3 is 15.2 Å². The van der Waals surface area contributed by atoms with E-state index in [4.69, 9.17) is 33.0 Å². The van der Waals surface area contributed by atoms with E-state index >= 15 is 0 Å². The van der Waals surface area contributed by atoms with Crippen molar-refractivity contribution in [2.75, 3.05) is 13.2 Å². The Kier molecular flexibility index (Phi) is 6.06. The molecule has 0 aliphatic heterocycles. The van der Waals surface area contributed by atoms with Gasteiger partial charge in [-0.1, -0.05) is 23.2 Å². The van der Waals surface area contributed by atoms with Gasteiger partial charge in [-0.15, -0.1) is 0 Å². The molecule has 0 bridgehead atoms. The maximum Gasteiger partial charge on any atom is 0.156 e. The molecule has 0 fully saturated rings. The minimum atomic E-state index is -0.372. The van der Waals surface area contributed by atoms with Gasteiger partial charge in [0.1, 0.15) is 0 Å². The van der Waals surface area contributed by atoms with Crippen LogP contribution in [0.2, 0.25) is 10.0 Å². The number of ether oxygens (including phenoxy) is 1. The largest absolute Gasteiger partial charge is 0.491 e. The van der Waals surface area contributed by atoms with E-state index in [1.165, 1.54) is 0 Å². The van der Waals surface area contributed by atoms with Gasteiger partial charge in [0.25, 0.3) is 0 Å². The highest BCUT2D eigenvalue weighted by atomic mass is 35.5. The van der Waals surface area contributed by atoms with E-state index < -0.39 is 0 Å². The zero-order valence-electron chi connectivity index (χ0n) is 9.96. The average molecular weight is 278 g/mol. The summed E-state index contributed by atoms with van der Waals surface area (Å²) in [6.45, 7) is 5.27. The Balaban J connectivity index is 2.69. The number of rotatable bonds is 6. The van der Waals surface area contributed by atoms with Crippen molar-refractivity contribution in [2.45, 2.75) is 26.5 Å². The Bertz CT molecular complexity index is 347. The average Bonchev–Trinajstić information content (AvgIpc) is 2.23. The van der Waals surface area contributed by atoms with Crippen LogP contribution in [-0.4, -0.2) is 24.4 Å². The van der Waals surface area contributed by atoms with E-state index in [0.29, 0.717) is 35.5 Å². The van der Waals surface area contributed by atoms with Gasteiger partial charge in [-0.3, -0.25) is 0 Å². The molecule has 1 aromatic carbocycles.